The van der Waals surface area contributed by atoms with Gasteiger partial charge in [-0.25, -0.2) is 0 Å². The Balaban J connectivity index is 1.53. The maximum absolute atomic E-state index is 12.9. The highest BCUT2D eigenvalue weighted by atomic mass is 16.5. The van der Waals surface area contributed by atoms with Crippen LogP contribution in [0.3, 0.4) is 0 Å². The molecule has 7 nitrogen and oxygen atoms in total. The molecule has 0 aliphatic carbocycles. The zero-order valence-corrected chi connectivity index (χ0v) is 17.8. The van der Waals surface area contributed by atoms with Crippen molar-refractivity contribution in [2.24, 2.45) is 0 Å². The van der Waals surface area contributed by atoms with Crippen LogP contribution in [-0.2, 0) is 22.6 Å². The summed E-state index contributed by atoms with van der Waals surface area (Å²) in [5, 5.41) is 6.91. The van der Waals surface area contributed by atoms with Crippen LogP contribution in [0.5, 0.6) is 5.75 Å². The Morgan fingerprint density at radius 3 is 2.65 bits per heavy atom. The number of carbonyl (C=O) groups is 2. The molecule has 3 aromatic rings. The number of benzene rings is 2. The van der Waals surface area contributed by atoms with Crippen molar-refractivity contribution in [3.8, 4) is 5.75 Å². The summed E-state index contributed by atoms with van der Waals surface area (Å²) in [5.74, 6) is 1.04. The molecule has 0 bridgehead atoms. The normalized spacial score (nSPS) is 15.4. The highest BCUT2D eigenvalue weighted by Gasteiger charge is 2.33. The van der Waals surface area contributed by atoms with Gasteiger partial charge >= 0.3 is 0 Å². The maximum Gasteiger partial charge on any atom is 0.268 e. The van der Waals surface area contributed by atoms with E-state index in [1.807, 2.05) is 44.2 Å². The minimum atomic E-state index is -0.598. The molecule has 1 atom stereocenters. The molecule has 0 fully saturated rings. The van der Waals surface area contributed by atoms with E-state index in [4.69, 9.17) is 9.26 Å². The molecule has 1 aromatic heterocycles. The van der Waals surface area contributed by atoms with Gasteiger partial charge in [-0.05, 0) is 51.0 Å². The SMILES string of the molecule is Cc1noc(C)c1CN1C(=O)C(C)Oc2ccc(NC(=O)CCc3ccccc3)cc21. The molecule has 0 saturated carbocycles. The number of hydrogen-bond donors (Lipinski definition) is 1. The summed E-state index contributed by atoms with van der Waals surface area (Å²) in [4.78, 5) is 27.0. The molecule has 1 unspecified atom stereocenters. The molecule has 0 radical (unpaired) electrons. The van der Waals surface area contributed by atoms with E-state index in [-0.39, 0.29) is 11.8 Å². The predicted octanol–water partition coefficient (Wildman–Crippen LogP) is 4.18. The van der Waals surface area contributed by atoms with Crippen molar-refractivity contribution in [1.29, 1.82) is 0 Å². The molecule has 0 saturated heterocycles. The standard InChI is InChI=1S/C24H25N3O4/c1-15-20(16(2)31-26-15)14-27-21-13-19(10-11-22(21)30-17(3)24(27)29)25-23(28)12-9-18-7-5-4-6-8-18/h4-8,10-11,13,17H,9,12,14H2,1-3H3,(H,25,28). The van der Waals surface area contributed by atoms with Crippen LogP contribution >= 0.6 is 0 Å². The summed E-state index contributed by atoms with van der Waals surface area (Å²) >= 11 is 0. The van der Waals surface area contributed by atoms with E-state index in [2.05, 4.69) is 10.5 Å². The van der Waals surface area contributed by atoms with Crippen LogP contribution in [0.2, 0.25) is 0 Å². The number of anilines is 2. The second kappa shape index (κ2) is 8.63. The van der Waals surface area contributed by atoms with E-state index in [1.54, 1.807) is 30.0 Å². The van der Waals surface area contributed by atoms with Gasteiger partial charge in [0.1, 0.15) is 11.5 Å². The fourth-order valence-electron chi connectivity index (χ4n) is 3.66. The minimum Gasteiger partial charge on any atom is -0.479 e. The smallest absolute Gasteiger partial charge is 0.268 e. The van der Waals surface area contributed by atoms with Crippen LogP contribution in [-0.4, -0.2) is 23.1 Å². The Morgan fingerprint density at radius 1 is 1.16 bits per heavy atom. The number of aromatic nitrogens is 1. The molecule has 2 amide bonds. The lowest BCUT2D eigenvalue weighted by molar-refractivity contribution is -0.125. The Morgan fingerprint density at radius 2 is 1.94 bits per heavy atom. The van der Waals surface area contributed by atoms with Gasteiger partial charge in [0.05, 0.1) is 17.9 Å². The number of nitrogens with zero attached hydrogens (tertiary/aromatic N) is 2. The molecule has 0 spiro atoms. The molecule has 1 aliphatic rings. The summed E-state index contributed by atoms with van der Waals surface area (Å²) in [6.45, 7) is 5.73. The molecular weight excluding hydrogens is 394 g/mol. The number of aryl methyl sites for hydroxylation is 3. The minimum absolute atomic E-state index is 0.0856. The second-order valence-corrected chi connectivity index (χ2v) is 7.70. The Labute approximate surface area is 181 Å². The number of carbonyl (C=O) groups excluding carboxylic acids is 2. The monoisotopic (exact) mass is 419 g/mol. The van der Waals surface area contributed by atoms with Crippen LogP contribution < -0.4 is 15.0 Å². The lowest BCUT2D eigenvalue weighted by Crippen LogP contribution is -2.44. The van der Waals surface area contributed by atoms with Crippen LogP contribution in [0.25, 0.3) is 0 Å². The van der Waals surface area contributed by atoms with E-state index in [1.165, 1.54) is 0 Å². The first-order valence-electron chi connectivity index (χ1n) is 10.3. The van der Waals surface area contributed by atoms with Gasteiger partial charge in [0.2, 0.25) is 5.91 Å². The van der Waals surface area contributed by atoms with Gasteiger partial charge < -0.3 is 19.5 Å². The van der Waals surface area contributed by atoms with Crippen molar-refractivity contribution in [3.05, 3.63) is 71.1 Å². The second-order valence-electron chi connectivity index (χ2n) is 7.70. The van der Waals surface area contributed by atoms with E-state index in [0.29, 0.717) is 42.3 Å². The van der Waals surface area contributed by atoms with Crippen molar-refractivity contribution in [3.63, 3.8) is 0 Å². The van der Waals surface area contributed by atoms with Gasteiger partial charge in [-0.2, -0.15) is 0 Å². The molecule has 2 heterocycles. The highest BCUT2D eigenvalue weighted by Crippen LogP contribution is 2.37. The van der Waals surface area contributed by atoms with E-state index in [9.17, 15) is 9.59 Å². The average Bonchev–Trinajstić information content (AvgIpc) is 3.08. The van der Waals surface area contributed by atoms with Gasteiger partial charge in [-0.3, -0.25) is 9.59 Å². The third-order valence-corrected chi connectivity index (χ3v) is 5.43. The largest absolute Gasteiger partial charge is 0.479 e. The summed E-state index contributed by atoms with van der Waals surface area (Å²) in [6.07, 6.45) is 0.435. The van der Waals surface area contributed by atoms with Crippen molar-refractivity contribution < 1.29 is 18.8 Å². The Kier molecular flexibility index (Phi) is 5.75. The van der Waals surface area contributed by atoms with Gasteiger partial charge in [0.25, 0.3) is 5.91 Å². The zero-order valence-electron chi connectivity index (χ0n) is 17.8. The van der Waals surface area contributed by atoms with Crippen molar-refractivity contribution in [2.45, 2.75) is 46.3 Å². The van der Waals surface area contributed by atoms with Crippen molar-refractivity contribution >= 4 is 23.2 Å². The number of ether oxygens (including phenoxy) is 1. The first-order chi connectivity index (χ1) is 14.9. The summed E-state index contributed by atoms with van der Waals surface area (Å²) in [5.41, 5.74) is 3.96. The number of hydrogen-bond acceptors (Lipinski definition) is 5. The number of fused-ring (bicyclic) bond motifs is 1. The molecule has 160 valence electrons. The molecule has 7 heteroatoms. The van der Waals surface area contributed by atoms with E-state index >= 15 is 0 Å². The first-order valence-corrected chi connectivity index (χ1v) is 10.3. The predicted molar refractivity (Wildman–Crippen MR) is 117 cm³/mol. The Bertz CT molecular complexity index is 1090. The van der Waals surface area contributed by atoms with Crippen LogP contribution in [0.1, 0.15) is 35.9 Å². The number of nitrogens with one attached hydrogen (secondary N) is 1. The Hall–Kier alpha value is -3.61. The fourth-order valence-corrected chi connectivity index (χ4v) is 3.66. The van der Waals surface area contributed by atoms with Crippen LogP contribution in [0.4, 0.5) is 11.4 Å². The molecule has 1 aliphatic heterocycles. The molecule has 1 N–H and O–H groups in total. The zero-order chi connectivity index (χ0) is 22.0. The topological polar surface area (TPSA) is 84.7 Å². The van der Waals surface area contributed by atoms with Crippen molar-refractivity contribution in [1.82, 2.24) is 5.16 Å². The number of amides is 2. The summed E-state index contributed by atoms with van der Waals surface area (Å²) in [6, 6.07) is 15.2. The van der Waals surface area contributed by atoms with Gasteiger partial charge in [0, 0.05) is 17.7 Å². The lowest BCUT2D eigenvalue weighted by Gasteiger charge is -2.33. The third kappa shape index (κ3) is 4.45. The summed E-state index contributed by atoms with van der Waals surface area (Å²) in [7, 11) is 0. The van der Waals surface area contributed by atoms with Gasteiger partial charge in [-0.15, -0.1) is 0 Å². The van der Waals surface area contributed by atoms with Gasteiger partial charge in [-0.1, -0.05) is 35.5 Å². The highest BCUT2D eigenvalue weighted by molar-refractivity contribution is 6.01. The quantitative estimate of drug-likeness (QED) is 0.648. The van der Waals surface area contributed by atoms with Crippen LogP contribution in [0.15, 0.2) is 53.1 Å². The maximum atomic E-state index is 12.9. The van der Waals surface area contributed by atoms with Crippen LogP contribution in [0, 0.1) is 13.8 Å². The fraction of sp³-hybridized carbons (Fsp3) is 0.292. The van der Waals surface area contributed by atoms with Crippen molar-refractivity contribution in [2.75, 3.05) is 10.2 Å². The summed E-state index contributed by atoms with van der Waals surface area (Å²) < 4.78 is 11.0. The third-order valence-electron chi connectivity index (χ3n) is 5.43. The van der Waals surface area contributed by atoms with Gasteiger partial charge in [0.15, 0.2) is 6.10 Å². The molecule has 31 heavy (non-hydrogen) atoms. The number of rotatable bonds is 6. The van der Waals surface area contributed by atoms with E-state index < -0.39 is 6.10 Å². The van der Waals surface area contributed by atoms with E-state index in [0.717, 1.165) is 16.8 Å². The lowest BCUT2D eigenvalue weighted by atomic mass is 10.1. The molecular formula is C24H25N3O4. The molecule has 2 aromatic carbocycles. The first kappa shape index (κ1) is 20.7. The average molecular weight is 419 g/mol. The molecule has 4 rings (SSSR count).